The van der Waals surface area contributed by atoms with Crippen LogP contribution in [0, 0.1) is 0 Å². The van der Waals surface area contributed by atoms with Crippen molar-refractivity contribution < 1.29 is 4.74 Å². The zero-order valence-electron chi connectivity index (χ0n) is 7.82. The quantitative estimate of drug-likeness (QED) is 0.580. The van der Waals surface area contributed by atoms with Crippen molar-refractivity contribution >= 4 is 11.8 Å². The molecule has 1 aromatic rings. The van der Waals surface area contributed by atoms with Crippen molar-refractivity contribution in [2.24, 2.45) is 5.73 Å². The van der Waals surface area contributed by atoms with Gasteiger partial charge in [0.05, 0.1) is 7.11 Å². The summed E-state index contributed by atoms with van der Waals surface area (Å²) >= 11 is 1.79. The highest BCUT2D eigenvalue weighted by Gasteiger charge is 2.00. The van der Waals surface area contributed by atoms with Gasteiger partial charge in [-0.05, 0) is 30.9 Å². The number of ether oxygens (including phenoxy) is 1. The predicted octanol–water partition coefficient (Wildman–Crippen LogP) is 2.14. The lowest BCUT2D eigenvalue weighted by molar-refractivity contribution is 0.405. The molecule has 0 saturated carbocycles. The van der Waals surface area contributed by atoms with Gasteiger partial charge in [0.15, 0.2) is 0 Å². The van der Waals surface area contributed by atoms with E-state index in [0.29, 0.717) is 0 Å². The monoisotopic (exact) mass is 197 g/mol. The molecule has 0 aliphatic carbocycles. The molecule has 1 rings (SSSR count). The van der Waals surface area contributed by atoms with Gasteiger partial charge in [0.25, 0.3) is 0 Å². The average Bonchev–Trinajstić information content (AvgIpc) is 2.19. The van der Waals surface area contributed by atoms with Crippen LogP contribution in [-0.4, -0.2) is 19.4 Å². The summed E-state index contributed by atoms with van der Waals surface area (Å²) in [5.41, 5.74) is 5.42. The normalized spacial score (nSPS) is 10.0. The molecule has 13 heavy (non-hydrogen) atoms. The number of benzene rings is 1. The van der Waals surface area contributed by atoms with Gasteiger partial charge in [-0.2, -0.15) is 0 Å². The Morgan fingerprint density at radius 3 is 2.85 bits per heavy atom. The van der Waals surface area contributed by atoms with Crippen LogP contribution < -0.4 is 10.5 Å². The Hall–Kier alpha value is -0.670. The molecule has 0 fully saturated rings. The van der Waals surface area contributed by atoms with E-state index in [9.17, 15) is 0 Å². The summed E-state index contributed by atoms with van der Waals surface area (Å²) in [6.45, 7) is 0.752. The van der Waals surface area contributed by atoms with E-state index in [0.717, 1.165) is 24.5 Å². The first-order chi connectivity index (χ1) is 6.38. The molecule has 0 spiro atoms. The van der Waals surface area contributed by atoms with E-state index in [1.807, 2.05) is 18.2 Å². The molecule has 0 bridgehead atoms. The molecule has 0 radical (unpaired) electrons. The second-order valence-corrected chi connectivity index (χ2v) is 3.78. The van der Waals surface area contributed by atoms with Crippen molar-refractivity contribution in [2.75, 3.05) is 19.4 Å². The third-order valence-electron chi connectivity index (χ3n) is 1.68. The van der Waals surface area contributed by atoms with Gasteiger partial charge in [0.2, 0.25) is 0 Å². The maximum absolute atomic E-state index is 5.42. The van der Waals surface area contributed by atoms with Gasteiger partial charge in [-0.3, -0.25) is 0 Å². The Balaban J connectivity index is 2.54. The first kappa shape index (κ1) is 10.4. The number of hydrogen-bond donors (Lipinski definition) is 1. The van der Waals surface area contributed by atoms with Gasteiger partial charge < -0.3 is 10.5 Å². The summed E-state index contributed by atoms with van der Waals surface area (Å²) in [7, 11) is 1.70. The summed E-state index contributed by atoms with van der Waals surface area (Å²) < 4.78 is 5.22. The van der Waals surface area contributed by atoms with Crippen LogP contribution >= 0.6 is 11.8 Å². The minimum absolute atomic E-state index is 0.752. The molecule has 0 aromatic heterocycles. The van der Waals surface area contributed by atoms with Gasteiger partial charge >= 0.3 is 0 Å². The molecule has 1 aromatic carbocycles. The molecule has 0 saturated heterocycles. The molecule has 3 heteroatoms. The fourth-order valence-corrected chi connectivity index (χ4v) is 2.00. The van der Waals surface area contributed by atoms with Crippen LogP contribution in [-0.2, 0) is 0 Å². The molecule has 0 heterocycles. The van der Waals surface area contributed by atoms with E-state index < -0.39 is 0 Å². The average molecular weight is 197 g/mol. The second-order valence-electron chi connectivity index (χ2n) is 2.64. The Bertz CT molecular complexity index is 252. The minimum Gasteiger partial charge on any atom is -0.496 e. The molecule has 0 aliphatic rings. The van der Waals surface area contributed by atoms with E-state index in [2.05, 4.69) is 6.07 Å². The summed E-state index contributed by atoms with van der Waals surface area (Å²) in [5, 5.41) is 0. The first-order valence-electron chi connectivity index (χ1n) is 4.34. The largest absolute Gasteiger partial charge is 0.496 e. The van der Waals surface area contributed by atoms with Crippen molar-refractivity contribution in [2.45, 2.75) is 11.3 Å². The van der Waals surface area contributed by atoms with Crippen molar-refractivity contribution in [3.8, 4) is 5.75 Å². The van der Waals surface area contributed by atoms with E-state index >= 15 is 0 Å². The zero-order chi connectivity index (χ0) is 9.52. The summed E-state index contributed by atoms with van der Waals surface area (Å²) in [6, 6.07) is 8.05. The van der Waals surface area contributed by atoms with Crippen LogP contribution in [0.1, 0.15) is 6.42 Å². The van der Waals surface area contributed by atoms with Crippen molar-refractivity contribution in [3.05, 3.63) is 24.3 Å². The zero-order valence-corrected chi connectivity index (χ0v) is 8.64. The smallest absolute Gasteiger partial charge is 0.132 e. The van der Waals surface area contributed by atoms with Crippen LogP contribution in [0.3, 0.4) is 0 Å². The topological polar surface area (TPSA) is 35.2 Å². The highest BCUT2D eigenvalue weighted by atomic mass is 32.2. The number of methoxy groups -OCH3 is 1. The maximum Gasteiger partial charge on any atom is 0.132 e. The van der Waals surface area contributed by atoms with Gasteiger partial charge in [0.1, 0.15) is 5.75 Å². The highest BCUT2D eigenvalue weighted by molar-refractivity contribution is 7.99. The molecule has 2 N–H and O–H groups in total. The minimum atomic E-state index is 0.752. The summed E-state index contributed by atoms with van der Waals surface area (Å²) in [5.74, 6) is 2.00. The Morgan fingerprint density at radius 2 is 2.15 bits per heavy atom. The second kappa shape index (κ2) is 5.89. The number of nitrogens with two attached hydrogens (primary N) is 1. The fourth-order valence-electron chi connectivity index (χ4n) is 1.00. The predicted molar refractivity (Wildman–Crippen MR) is 57.4 cm³/mol. The summed E-state index contributed by atoms with van der Waals surface area (Å²) in [4.78, 5) is 1.19. The SMILES string of the molecule is COc1ccccc1SCCCN. The molecule has 72 valence electrons. The van der Waals surface area contributed by atoms with Crippen LogP contribution in [0.5, 0.6) is 5.75 Å². The molecular weight excluding hydrogens is 182 g/mol. The Labute approximate surface area is 83.5 Å². The first-order valence-corrected chi connectivity index (χ1v) is 5.33. The molecule has 0 atom stereocenters. The third kappa shape index (κ3) is 3.28. The van der Waals surface area contributed by atoms with Crippen molar-refractivity contribution in [1.82, 2.24) is 0 Å². The molecule has 0 unspecified atom stereocenters. The Morgan fingerprint density at radius 1 is 1.38 bits per heavy atom. The van der Waals surface area contributed by atoms with Crippen molar-refractivity contribution in [3.63, 3.8) is 0 Å². The van der Waals surface area contributed by atoms with Crippen LogP contribution in [0.25, 0.3) is 0 Å². The maximum atomic E-state index is 5.42. The van der Waals surface area contributed by atoms with E-state index in [1.54, 1.807) is 18.9 Å². The van der Waals surface area contributed by atoms with Gasteiger partial charge in [-0.15, -0.1) is 11.8 Å². The van der Waals surface area contributed by atoms with E-state index in [1.165, 1.54) is 4.90 Å². The molecular formula is C10H15NOS. The van der Waals surface area contributed by atoms with Crippen LogP contribution in [0.4, 0.5) is 0 Å². The van der Waals surface area contributed by atoms with Gasteiger partial charge in [-0.25, -0.2) is 0 Å². The lowest BCUT2D eigenvalue weighted by atomic mass is 10.3. The van der Waals surface area contributed by atoms with Crippen LogP contribution in [0.15, 0.2) is 29.2 Å². The molecule has 0 amide bonds. The van der Waals surface area contributed by atoms with Gasteiger partial charge in [0, 0.05) is 4.90 Å². The number of rotatable bonds is 5. The highest BCUT2D eigenvalue weighted by Crippen LogP contribution is 2.28. The molecule has 0 aliphatic heterocycles. The number of para-hydroxylation sites is 1. The lowest BCUT2D eigenvalue weighted by Crippen LogP contribution is -1.99. The van der Waals surface area contributed by atoms with E-state index in [-0.39, 0.29) is 0 Å². The van der Waals surface area contributed by atoms with Crippen molar-refractivity contribution in [1.29, 1.82) is 0 Å². The fraction of sp³-hybridized carbons (Fsp3) is 0.400. The lowest BCUT2D eigenvalue weighted by Gasteiger charge is -2.06. The third-order valence-corrected chi connectivity index (χ3v) is 2.82. The van der Waals surface area contributed by atoms with Crippen LogP contribution in [0.2, 0.25) is 0 Å². The van der Waals surface area contributed by atoms with Gasteiger partial charge in [-0.1, -0.05) is 12.1 Å². The summed E-state index contributed by atoms with van der Waals surface area (Å²) in [6.07, 6.45) is 1.04. The number of hydrogen-bond acceptors (Lipinski definition) is 3. The number of thioether (sulfide) groups is 1. The Kier molecular flexibility index (Phi) is 4.72. The molecule has 2 nitrogen and oxygen atoms in total. The standard InChI is InChI=1S/C10H15NOS/c1-12-9-5-2-3-6-10(9)13-8-4-7-11/h2-3,5-6H,4,7-8,11H2,1H3. The van der Waals surface area contributed by atoms with E-state index in [4.69, 9.17) is 10.5 Å².